The van der Waals surface area contributed by atoms with Gasteiger partial charge in [-0.25, -0.2) is 0 Å². The van der Waals surface area contributed by atoms with E-state index >= 15 is 0 Å². The molecule has 0 saturated carbocycles. The molecule has 58 valence electrons. The van der Waals surface area contributed by atoms with Gasteiger partial charge in [0.25, 0.3) is 0 Å². The number of fused-ring (bicyclic) bond motifs is 1. The van der Waals surface area contributed by atoms with Crippen molar-refractivity contribution in [3.05, 3.63) is 24.3 Å². The van der Waals surface area contributed by atoms with Gasteiger partial charge in [0.15, 0.2) is 0 Å². The van der Waals surface area contributed by atoms with Gasteiger partial charge in [-0.05, 0) is 12.1 Å². The van der Waals surface area contributed by atoms with E-state index in [2.05, 4.69) is 0 Å². The Bertz CT molecular complexity index is 313. The fraction of sp³-hybridized carbons (Fsp3) is 0.143. The largest absolute Gasteiger partial charge is 0.253 e. The van der Waals surface area contributed by atoms with Gasteiger partial charge in [-0.15, -0.1) is 0 Å². The molecule has 0 radical (unpaired) electrons. The molecule has 0 fully saturated rings. The molecule has 0 bridgehead atoms. The Morgan fingerprint density at radius 2 is 1.45 bits per heavy atom. The van der Waals surface area contributed by atoms with Crippen LogP contribution in [0, 0.1) is 0 Å². The van der Waals surface area contributed by atoms with Gasteiger partial charge >= 0.3 is 0 Å². The summed E-state index contributed by atoms with van der Waals surface area (Å²) in [6.07, 6.45) is 0. The number of benzene rings is 1. The zero-order valence-corrected chi connectivity index (χ0v) is 7.28. The van der Waals surface area contributed by atoms with Gasteiger partial charge in [-0.3, -0.25) is 8.42 Å². The summed E-state index contributed by atoms with van der Waals surface area (Å²) >= 11 is 0. The molecule has 1 aromatic rings. The van der Waals surface area contributed by atoms with Gasteiger partial charge in [0, 0.05) is 0 Å². The van der Waals surface area contributed by atoms with Gasteiger partial charge in [0.2, 0.25) is 0 Å². The maximum atomic E-state index is 11.2. The predicted octanol–water partition coefficient (Wildman–Crippen LogP) is 0.873. The molecule has 0 aromatic heterocycles. The summed E-state index contributed by atoms with van der Waals surface area (Å²) in [4.78, 5) is 1.48. The first-order valence-electron chi connectivity index (χ1n) is 3.15. The van der Waals surface area contributed by atoms with E-state index in [1.54, 1.807) is 12.1 Å². The Kier molecular flexibility index (Phi) is 1.65. The van der Waals surface area contributed by atoms with E-state index in [1.807, 2.05) is 12.1 Å². The van der Waals surface area contributed by atoms with Crippen LogP contribution in [-0.4, -0.2) is 13.5 Å². The normalized spacial score (nSPS) is 28.4. The smallest absolute Gasteiger partial charge is 0.109 e. The number of hydrogen-bond acceptors (Lipinski definition) is 2. The highest BCUT2D eigenvalue weighted by atomic mass is 32.2. The lowest BCUT2D eigenvalue weighted by atomic mass is 10.4. The molecule has 2 rings (SSSR count). The van der Waals surface area contributed by atoms with Crippen LogP contribution in [0.5, 0.6) is 0 Å². The summed E-state index contributed by atoms with van der Waals surface area (Å²) in [6.45, 7) is 0. The van der Waals surface area contributed by atoms with Gasteiger partial charge in [0.05, 0.1) is 31.4 Å². The molecule has 0 aliphatic carbocycles. The molecule has 0 amide bonds. The minimum atomic E-state index is -1.03. The van der Waals surface area contributed by atoms with E-state index < -0.39 is 21.6 Å². The highest BCUT2D eigenvalue weighted by molar-refractivity contribution is 8.04. The second-order valence-electron chi connectivity index (χ2n) is 2.26. The zero-order chi connectivity index (χ0) is 7.84. The van der Waals surface area contributed by atoms with Crippen LogP contribution in [0.25, 0.3) is 0 Å². The van der Waals surface area contributed by atoms with E-state index in [-0.39, 0.29) is 5.08 Å². The monoisotopic (exact) mass is 186 g/mol. The SMILES string of the molecule is O=[S@@]1C[S@@](=O)c2ccccc21. The lowest BCUT2D eigenvalue weighted by Gasteiger charge is -1.91. The van der Waals surface area contributed by atoms with E-state index in [9.17, 15) is 8.42 Å². The molecule has 1 heterocycles. The molecular weight excluding hydrogens is 180 g/mol. The standard InChI is InChI=1S/C7H6O2S2/c8-10-5-11(9)7-4-2-1-3-6(7)10/h1-4H,5H2/t10-,11-/m1/s1. The highest BCUT2D eigenvalue weighted by Crippen LogP contribution is 2.25. The third-order valence-electron chi connectivity index (χ3n) is 1.55. The van der Waals surface area contributed by atoms with Crippen molar-refractivity contribution in [1.29, 1.82) is 0 Å². The summed E-state index contributed by atoms with van der Waals surface area (Å²) in [5.41, 5.74) is 0. The van der Waals surface area contributed by atoms with Gasteiger partial charge < -0.3 is 0 Å². The first-order chi connectivity index (χ1) is 5.29. The fourth-order valence-electron chi connectivity index (χ4n) is 1.05. The van der Waals surface area contributed by atoms with Gasteiger partial charge in [0.1, 0.15) is 5.08 Å². The van der Waals surface area contributed by atoms with Crippen molar-refractivity contribution >= 4 is 21.6 Å². The first-order valence-corrected chi connectivity index (χ1v) is 5.78. The predicted molar refractivity (Wildman–Crippen MR) is 44.1 cm³/mol. The van der Waals surface area contributed by atoms with Crippen molar-refractivity contribution in [2.24, 2.45) is 0 Å². The highest BCUT2D eigenvalue weighted by Gasteiger charge is 2.23. The van der Waals surface area contributed by atoms with Crippen LogP contribution < -0.4 is 0 Å². The Labute approximate surface area is 69.5 Å². The van der Waals surface area contributed by atoms with E-state index in [0.717, 1.165) is 9.79 Å². The molecule has 0 spiro atoms. The van der Waals surface area contributed by atoms with Crippen LogP contribution in [-0.2, 0) is 21.6 Å². The topological polar surface area (TPSA) is 34.1 Å². The van der Waals surface area contributed by atoms with E-state index in [1.165, 1.54) is 0 Å². The third kappa shape index (κ3) is 1.06. The Morgan fingerprint density at radius 1 is 1.00 bits per heavy atom. The van der Waals surface area contributed by atoms with Crippen LogP contribution >= 0.6 is 0 Å². The molecule has 1 aliphatic heterocycles. The maximum Gasteiger partial charge on any atom is 0.109 e. The van der Waals surface area contributed by atoms with Crippen LogP contribution in [0.1, 0.15) is 0 Å². The lowest BCUT2D eigenvalue weighted by Crippen LogP contribution is -1.90. The second kappa shape index (κ2) is 2.53. The van der Waals surface area contributed by atoms with Crippen molar-refractivity contribution in [2.45, 2.75) is 9.79 Å². The van der Waals surface area contributed by atoms with Crippen LogP contribution in [0.3, 0.4) is 0 Å². The third-order valence-corrected chi connectivity index (χ3v) is 5.09. The minimum absolute atomic E-state index is 0.277. The molecule has 0 unspecified atom stereocenters. The van der Waals surface area contributed by atoms with Crippen LogP contribution in [0.2, 0.25) is 0 Å². The molecule has 2 atom stereocenters. The van der Waals surface area contributed by atoms with E-state index in [4.69, 9.17) is 0 Å². The quantitative estimate of drug-likeness (QED) is 0.602. The second-order valence-corrected chi connectivity index (χ2v) is 5.46. The minimum Gasteiger partial charge on any atom is -0.253 e. The average Bonchev–Trinajstić information content (AvgIpc) is 2.30. The van der Waals surface area contributed by atoms with Crippen molar-refractivity contribution in [1.82, 2.24) is 0 Å². The lowest BCUT2D eigenvalue weighted by molar-refractivity contribution is 0.685. The summed E-state index contributed by atoms with van der Waals surface area (Å²) < 4.78 is 22.4. The van der Waals surface area contributed by atoms with Crippen molar-refractivity contribution in [3.8, 4) is 0 Å². The van der Waals surface area contributed by atoms with Gasteiger partial charge in [-0.1, -0.05) is 12.1 Å². The van der Waals surface area contributed by atoms with Crippen LogP contribution in [0.15, 0.2) is 34.1 Å². The molecule has 11 heavy (non-hydrogen) atoms. The summed E-state index contributed by atoms with van der Waals surface area (Å²) in [5, 5.41) is 0.277. The van der Waals surface area contributed by atoms with Crippen molar-refractivity contribution < 1.29 is 8.42 Å². The Balaban J connectivity index is 2.69. The van der Waals surface area contributed by atoms with Gasteiger partial charge in [-0.2, -0.15) is 0 Å². The Morgan fingerprint density at radius 3 is 1.91 bits per heavy atom. The Hall–Kier alpha value is -0.480. The maximum absolute atomic E-state index is 11.2. The molecule has 2 nitrogen and oxygen atoms in total. The summed E-state index contributed by atoms with van der Waals surface area (Å²) in [5.74, 6) is 0. The number of rotatable bonds is 0. The summed E-state index contributed by atoms with van der Waals surface area (Å²) in [6, 6.07) is 7.19. The van der Waals surface area contributed by atoms with Crippen molar-refractivity contribution in [2.75, 3.05) is 5.08 Å². The molecule has 0 N–H and O–H groups in total. The number of hydrogen-bond donors (Lipinski definition) is 0. The molecule has 4 heteroatoms. The molecular formula is C7H6O2S2. The molecule has 0 saturated heterocycles. The zero-order valence-electron chi connectivity index (χ0n) is 5.65. The van der Waals surface area contributed by atoms with Crippen molar-refractivity contribution in [3.63, 3.8) is 0 Å². The fourth-order valence-corrected chi connectivity index (χ4v) is 4.45. The van der Waals surface area contributed by atoms with E-state index in [0.29, 0.717) is 0 Å². The first kappa shape index (κ1) is 7.18. The average molecular weight is 186 g/mol. The van der Waals surface area contributed by atoms with Crippen LogP contribution in [0.4, 0.5) is 0 Å². The summed E-state index contributed by atoms with van der Waals surface area (Å²) in [7, 11) is -2.06. The molecule has 1 aliphatic rings. The molecule has 1 aromatic carbocycles.